The first-order valence-corrected chi connectivity index (χ1v) is 7.92. The Labute approximate surface area is 143 Å². The van der Waals surface area contributed by atoms with E-state index in [1.807, 2.05) is 24.3 Å². The first-order valence-electron chi connectivity index (χ1n) is 7.92. The minimum Gasteiger partial charge on any atom is -0.484 e. The van der Waals surface area contributed by atoms with Gasteiger partial charge in [-0.1, -0.05) is 29.8 Å². The number of ether oxygens (including phenoxy) is 1. The van der Waals surface area contributed by atoms with Crippen LogP contribution < -0.4 is 15.8 Å². The van der Waals surface area contributed by atoms with E-state index in [1.165, 1.54) is 11.1 Å². The van der Waals surface area contributed by atoms with Crippen LogP contribution in [0.1, 0.15) is 16.7 Å². The van der Waals surface area contributed by atoms with E-state index in [1.54, 1.807) is 0 Å². The maximum absolute atomic E-state index is 10.7. The van der Waals surface area contributed by atoms with Crippen molar-refractivity contribution in [2.45, 2.75) is 20.0 Å². The number of amides is 1. The van der Waals surface area contributed by atoms with Crippen molar-refractivity contribution < 1.29 is 9.53 Å². The van der Waals surface area contributed by atoms with Gasteiger partial charge in [-0.15, -0.1) is 0 Å². The second-order valence-electron chi connectivity index (χ2n) is 6.15. The molecule has 0 aromatic heterocycles. The normalized spacial score (nSPS) is 10.7. The zero-order valence-corrected chi connectivity index (χ0v) is 14.5. The third kappa shape index (κ3) is 5.59. The van der Waals surface area contributed by atoms with Crippen LogP contribution in [-0.4, -0.2) is 31.5 Å². The molecule has 3 N–H and O–H groups in total. The maximum atomic E-state index is 10.7. The van der Waals surface area contributed by atoms with Crippen molar-refractivity contribution in [3.63, 3.8) is 0 Å². The number of carbonyl (C=O) groups is 1. The number of hydrogen-bond donors (Lipinski definition) is 2. The smallest absolute Gasteiger partial charge is 0.255 e. The molecule has 1 amide bonds. The Bertz CT molecular complexity index is 682. The fourth-order valence-electron chi connectivity index (χ4n) is 2.42. The maximum Gasteiger partial charge on any atom is 0.255 e. The zero-order valence-electron chi connectivity index (χ0n) is 14.5. The van der Waals surface area contributed by atoms with Crippen molar-refractivity contribution in [1.82, 2.24) is 4.90 Å². The fourth-order valence-corrected chi connectivity index (χ4v) is 2.42. The number of primary amides is 1. The molecule has 2 aromatic rings. The van der Waals surface area contributed by atoms with Gasteiger partial charge in [0.15, 0.2) is 6.61 Å². The fraction of sp³-hybridized carbons (Fsp3) is 0.316. The van der Waals surface area contributed by atoms with Gasteiger partial charge in [-0.3, -0.25) is 4.79 Å². The third-order valence-electron chi connectivity index (χ3n) is 3.53. The predicted molar refractivity (Wildman–Crippen MR) is 97.0 cm³/mol. The van der Waals surface area contributed by atoms with Crippen LogP contribution in [0.15, 0.2) is 42.5 Å². The standard InChI is InChI=1S/C19H25N3O2/c1-14-4-9-18(16(10-14)12-22(2)3)21-11-15-5-7-17(8-6-15)24-13-19(20)23/h4-10,21H,11-13H2,1-3H3,(H2,20,23). The summed E-state index contributed by atoms with van der Waals surface area (Å²) in [4.78, 5) is 12.9. The SMILES string of the molecule is Cc1ccc(NCc2ccc(OCC(N)=O)cc2)c(CN(C)C)c1. The van der Waals surface area contributed by atoms with Crippen molar-refractivity contribution >= 4 is 11.6 Å². The Morgan fingerprint density at radius 1 is 1.17 bits per heavy atom. The number of nitrogens with one attached hydrogen (secondary N) is 1. The minimum absolute atomic E-state index is 0.102. The summed E-state index contributed by atoms with van der Waals surface area (Å²) in [7, 11) is 4.13. The second-order valence-corrected chi connectivity index (χ2v) is 6.15. The quantitative estimate of drug-likeness (QED) is 0.782. The van der Waals surface area contributed by atoms with Crippen molar-refractivity contribution in [2.75, 3.05) is 26.0 Å². The first-order chi connectivity index (χ1) is 11.4. The number of aryl methyl sites for hydroxylation is 1. The molecule has 0 radical (unpaired) electrons. The highest BCUT2D eigenvalue weighted by molar-refractivity contribution is 5.75. The largest absolute Gasteiger partial charge is 0.484 e. The lowest BCUT2D eigenvalue weighted by molar-refractivity contribution is -0.119. The van der Waals surface area contributed by atoms with Gasteiger partial charge in [0.05, 0.1) is 0 Å². The van der Waals surface area contributed by atoms with Crippen LogP contribution in [0.25, 0.3) is 0 Å². The van der Waals surface area contributed by atoms with Crippen LogP contribution in [0.2, 0.25) is 0 Å². The molecule has 0 heterocycles. The summed E-state index contributed by atoms with van der Waals surface area (Å²) in [5.74, 6) is 0.162. The van der Waals surface area contributed by atoms with Crippen LogP contribution in [0.4, 0.5) is 5.69 Å². The highest BCUT2D eigenvalue weighted by Crippen LogP contribution is 2.20. The lowest BCUT2D eigenvalue weighted by Crippen LogP contribution is -2.19. The summed E-state index contributed by atoms with van der Waals surface area (Å²) in [5.41, 5.74) is 9.88. The van der Waals surface area contributed by atoms with Gasteiger partial charge >= 0.3 is 0 Å². The van der Waals surface area contributed by atoms with Gasteiger partial charge in [0, 0.05) is 18.8 Å². The van der Waals surface area contributed by atoms with Gasteiger partial charge in [-0.2, -0.15) is 0 Å². The highest BCUT2D eigenvalue weighted by Gasteiger charge is 2.05. The number of nitrogens with zero attached hydrogens (tertiary/aromatic N) is 1. The molecule has 0 spiro atoms. The number of hydrogen-bond acceptors (Lipinski definition) is 4. The van der Waals surface area contributed by atoms with E-state index < -0.39 is 5.91 Å². The van der Waals surface area contributed by atoms with Gasteiger partial charge in [-0.05, 0) is 50.3 Å². The van der Waals surface area contributed by atoms with E-state index in [2.05, 4.69) is 49.4 Å². The van der Waals surface area contributed by atoms with Gasteiger partial charge in [0.1, 0.15) is 5.75 Å². The van der Waals surface area contributed by atoms with E-state index in [-0.39, 0.29) is 6.61 Å². The Hall–Kier alpha value is -2.53. The van der Waals surface area contributed by atoms with E-state index in [4.69, 9.17) is 10.5 Å². The molecule has 24 heavy (non-hydrogen) atoms. The van der Waals surface area contributed by atoms with Gasteiger partial charge in [-0.25, -0.2) is 0 Å². The topological polar surface area (TPSA) is 67.6 Å². The van der Waals surface area contributed by atoms with E-state index in [0.29, 0.717) is 5.75 Å². The lowest BCUT2D eigenvalue weighted by atomic mass is 10.1. The molecule has 0 aliphatic carbocycles. The zero-order chi connectivity index (χ0) is 17.5. The molecule has 0 bridgehead atoms. The van der Waals surface area contributed by atoms with Crippen molar-refractivity contribution in [2.24, 2.45) is 5.73 Å². The van der Waals surface area contributed by atoms with Gasteiger partial charge in [0.25, 0.3) is 5.91 Å². The summed E-state index contributed by atoms with van der Waals surface area (Å²) in [6, 6.07) is 14.1. The molecule has 0 saturated carbocycles. The summed E-state index contributed by atoms with van der Waals surface area (Å²) in [6.07, 6.45) is 0. The molecular formula is C19H25N3O2. The predicted octanol–water partition coefficient (Wildman–Crippen LogP) is 2.53. The molecule has 0 unspecified atom stereocenters. The number of nitrogens with two attached hydrogens (primary N) is 1. The summed E-state index contributed by atoms with van der Waals surface area (Å²) < 4.78 is 5.26. The van der Waals surface area contributed by atoms with Crippen LogP contribution >= 0.6 is 0 Å². The number of anilines is 1. The molecule has 2 aromatic carbocycles. The van der Waals surface area contributed by atoms with Gasteiger partial charge in [0.2, 0.25) is 0 Å². The molecule has 0 aliphatic rings. The van der Waals surface area contributed by atoms with E-state index in [0.717, 1.165) is 24.3 Å². The average molecular weight is 327 g/mol. The van der Waals surface area contributed by atoms with Crippen LogP contribution in [0.3, 0.4) is 0 Å². The van der Waals surface area contributed by atoms with Crippen molar-refractivity contribution in [3.05, 3.63) is 59.2 Å². The Morgan fingerprint density at radius 3 is 2.50 bits per heavy atom. The van der Waals surface area contributed by atoms with Gasteiger partial charge < -0.3 is 20.7 Å². The van der Waals surface area contributed by atoms with E-state index >= 15 is 0 Å². The number of carbonyl (C=O) groups excluding carboxylic acids is 1. The third-order valence-corrected chi connectivity index (χ3v) is 3.53. The molecule has 2 rings (SSSR count). The van der Waals surface area contributed by atoms with Crippen LogP contribution in [0, 0.1) is 6.92 Å². The first kappa shape index (κ1) is 17.8. The Kier molecular flexibility index (Phi) is 6.21. The number of benzene rings is 2. The molecule has 5 heteroatoms. The summed E-state index contributed by atoms with van der Waals surface area (Å²) >= 11 is 0. The minimum atomic E-state index is -0.478. The Morgan fingerprint density at radius 2 is 1.88 bits per heavy atom. The van der Waals surface area contributed by atoms with Crippen molar-refractivity contribution in [1.29, 1.82) is 0 Å². The Balaban J connectivity index is 1.99. The lowest BCUT2D eigenvalue weighted by Gasteiger charge is -2.16. The molecule has 0 fully saturated rings. The van der Waals surface area contributed by atoms with Crippen LogP contribution in [0.5, 0.6) is 5.75 Å². The number of rotatable bonds is 8. The second kappa shape index (κ2) is 8.36. The summed E-state index contributed by atoms with van der Waals surface area (Å²) in [5, 5.41) is 3.49. The van der Waals surface area contributed by atoms with Crippen molar-refractivity contribution in [3.8, 4) is 5.75 Å². The summed E-state index contributed by atoms with van der Waals surface area (Å²) in [6.45, 7) is 3.62. The molecular weight excluding hydrogens is 302 g/mol. The molecule has 0 atom stereocenters. The average Bonchev–Trinajstić information content (AvgIpc) is 2.52. The molecule has 128 valence electrons. The van der Waals surface area contributed by atoms with Crippen LogP contribution in [-0.2, 0) is 17.9 Å². The van der Waals surface area contributed by atoms with E-state index in [9.17, 15) is 4.79 Å². The molecule has 5 nitrogen and oxygen atoms in total. The molecule has 0 aliphatic heterocycles. The monoisotopic (exact) mass is 327 g/mol. The highest BCUT2D eigenvalue weighted by atomic mass is 16.5. The molecule has 0 saturated heterocycles.